The molecule has 5 heteroatoms. The van der Waals surface area contributed by atoms with Gasteiger partial charge in [-0.1, -0.05) is 43.7 Å². The van der Waals surface area contributed by atoms with Gasteiger partial charge in [-0.05, 0) is 30.4 Å². The number of hydrogen-bond acceptors (Lipinski definition) is 3. The Labute approximate surface area is 146 Å². The van der Waals surface area contributed by atoms with E-state index in [2.05, 4.69) is 10.3 Å². The van der Waals surface area contributed by atoms with E-state index in [1.54, 1.807) is 0 Å². The number of carbonyl (C=O) groups excluding carboxylic acids is 2. The number of nitrogens with one attached hydrogen (secondary N) is 2. The van der Waals surface area contributed by atoms with Crippen molar-refractivity contribution in [3.8, 4) is 0 Å². The highest BCUT2D eigenvalue weighted by molar-refractivity contribution is 6.02. The first-order chi connectivity index (χ1) is 12.1. The lowest BCUT2D eigenvalue weighted by Gasteiger charge is -2.24. The molecule has 5 nitrogen and oxygen atoms in total. The van der Waals surface area contributed by atoms with E-state index in [0.29, 0.717) is 30.6 Å². The van der Waals surface area contributed by atoms with Crippen molar-refractivity contribution in [2.24, 2.45) is 0 Å². The minimum absolute atomic E-state index is 0.0152. The lowest BCUT2D eigenvalue weighted by atomic mass is 9.81. The SMILES string of the molecule is CCCCNC(=O)c1cc2c([nH]c1=O)CC(c1ccccc1)CC2=O. The first-order valence-electron chi connectivity index (χ1n) is 8.72. The van der Waals surface area contributed by atoms with Crippen LogP contribution in [0.5, 0.6) is 0 Å². The second kappa shape index (κ2) is 7.47. The third kappa shape index (κ3) is 3.71. The van der Waals surface area contributed by atoms with Crippen LogP contribution in [0.3, 0.4) is 0 Å². The number of amides is 1. The highest BCUT2D eigenvalue weighted by Gasteiger charge is 2.28. The van der Waals surface area contributed by atoms with E-state index < -0.39 is 11.5 Å². The molecule has 130 valence electrons. The second-order valence-electron chi connectivity index (χ2n) is 6.45. The molecular weight excluding hydrogens is 316 g/mol. The number of hydrogen-bond donors (Lipinski definition) is 2. The summed E-state index contributed by atoms with van der Waals surface area (Å²) in [4.78, 5) is 39.8. The highest BCUT2D eigenvalue weighted by atomic mass is 16.2. The van der Waals surface area contributed by atoms with Crippen LogP contribution in [0.4, 0.5) is 0 Å². The molecule has 1 atom stereocenters. The third-order valence-electron chi connectivity index (χ3n) is 4.64. The molecule has 0 radical (unpaired) electrons. The lowest BCUT2D eigenvalue weighted by Crippen LogP contribution is -2.33. The zero-order valence-electron chi connectivity index (χ0n) is 14.3. The zero-order chi connectivity index (χ0) is 17.8. The molecule has 1 aromatic heterocycles. The van der Waals surface area contributed by atoms with Gasteiger partial charge in [-0.3, -0.25) is 14.4 Å². The summed E-state index contributed by atoms with van der Waals surface area (Å²) in [6.45, 7) is 2.55. The molecule has 0 bridgehead atoms. The van der Waals surface area contributed by atoms with Crippen molar-refractivity contribution in [2.75, 3.05) is 6.54 Å². The van der Waals surface area contributed by atoms with E-state index in [4.69, 9.17) is 0 Å². The van der Waals surface area contributed by atoms with Gasteiger partial charge in [0, 0.05) is 24.2 Å². The van der Waals surface area contributed by atoms with Crippen LogP contribution in [0.1, 0.15) is 64.1 Å². The Morgan fingerprint density at radius 3 is 2.68 bits per heavy atom. The van der Waals surface area contributed by atoms with Crippen molar-refractivity contribution in [2.45, 2.75) is 38.5 Å². The van der Waals surface area contributed by atoms with Crippen molar-refractivity contribution >= 4 is 11.7 Å². The summed E-state index contributed by atoms with van der Waals surface area (Å²) < 4.78 is 0. The van der Waals surface area contributed by atoms with Crippen molar-refractivity contribution in [3.05, 3.63) is 69.1 Å². The number of H-pyrrole nitrogens is 1. The Bertz CT molecular complexity index is 840. The van der Waals surface area contributed by atoms with Gasteiger partial charge in [0.25, 0.3) is 11.5 Å². The van der Waals surface area contributed by atoms with E-state index in [1.807, 2.05) is 37.3 Å². The van der Waals surface area contributed by atoms with Gasteiger partial charge in [-0.25, -0.2) is 0 Å². The van der Waals surface area contributed by atoms with Crippen LogP contribution in [0.15, 0.2) is 41.2 Å². The number of ketones is 1. The first-order valence-corrected chi connectivity index (χ1v) is 8.72. The summed E-state index contributed by atoms with van der Waals surface area (Å²) in [6, 6.07) is 11.3. The van der Waals surface area contributed by atoms with E-state index in [9.17, 15) is 14.4 Å². The Hall–Kier alpha value is -2.69. The van der Waals surface area contributed by atoms with Crippen molar-refractivity contribution in [1.82, 2.24) is 10.3 Å². The van der Waals surface area contributed by atoms with Gasteiger partial charge in [0.15, 0.2) is 5.78 Å². The Morgan fingerprint density at radius 1 is 1.20 bits per heavy atom. The monoisotopic (exact) mass is 338 g/mol. The molecule has 1 aliphatic carbocycles. The molecule has 1 aromatic carbocycles. The fraction of sp³-hybridized carbons (Fsp3) is 0.350. The molecule has 0 fully saturated rings. The smallest absolute Gasteiger partial charge is 0.261 e. The molecule has 0 aliphatic heterocycles. The number of aromatic nitrogens is 1. The summed E-state index contributed by atoms with van der Waals surface area (Å²) in [5.41, 5.74) is 1.76. The molecule has 1 unspecified atom stereocenters. The van der Waals surface area contributed by atoms with E-state index >= 15 is 0 Å². The van der Waals surface area contributed by atoms with Gasteiger partial charge in [0.1, 0.15) is 5.56 Å². The molecule has 0 saturated heterocycles. The van der Waals surface area contributed by atoms with Crippen LogP contribution >= 0.6 is 0 Å². The summed E-state index contributed by atoms with van der Waals surface area (Å²) >= 11 is 0. The van der Waals surface area contributed by atoms with Gasteiger partial charge in [0.2, 0.25) is 0 Å². The van der Waals surface area contributed by atoms with Gasteiger partial charge < -0.3 is 10.3 Å². The quantitative estimate of drug-likeness (QED) is 0.823. The predicted molar refractivity (Wildman–Crippen MR) is 96.1 cm³/mol. The maximum atomic E-state index is 12.6. The minimum atomic E-state index is -0.436. The largest absolute Gasteiger partial charge is 0.352 e. The summed E-state index contributed by atoms with van der Waals surface area (Å²) in [5.74, 6) is -0.398. The molecule has 1 amide bonds. The number of Topliss-reactive ketones (excluding diaryl/α,β-unsaturated/α-hetero) is 1. The maximum absolute atomic E-state index is 12.6. The van der Waals surface area contributed by atoms with Crippen molar-refractivity contribution in [1.29, 1.82) is 0 Å². The molecule has 1 heterocycles. The molecule has 2 N–H and O–H groups in total. The molecule has 25 heavy (non-hydrogen) atoms. The van der Waals surface area contributed by atoms with Crippen LogP contribution in [0, 0.1) is 0 Å². The second-order valence-corrected chi connectivity index (χ2v) is 6.45. The third-order valence-corrected chi connectivity index (χ3v) is 4.64. The van der Waals surface area contributed by atoms with E-state index in [0.717, 1.165) is 18.4 Å². The normalized spacial score (nSPS) is 16.4. The van der Waals surface area contributed by atoms with Gasteiger partial charge in [-0.2, -0.15) is 0 Å². The topological polar surface area (TPSA) is 79.0 Å². The number of unbranched alkanes of at least 4 members (excludes halogenated alkanes) is 1. The van der Waals surface area contributed by atoms with Crippen LogP contribution in [-0.2, 0) is 6.42 Å². The minimum Gasteiger partial charge on any atom is -0.352 e. The Kier molecular flexibility index (Phi) is 5.12. The standard InChI is InChI=1S/C20H22N2O3/c1-2-3-9-21-19(24)16-12-15-17(22-20(16)25)10-14(11-18(15)23)13-7-5-4-6-8-13/h4-8,12,14H,2-3,9-11H2,1H3,(H,21,24)(H,22,25). The number of benzene rings is 1. The van der Waals surface area contributed by atoms with Crippen molar-refractivity contribution in [3.63, 3.8) is 0 Å². The average Bonchev–Trinajstić information content (AvgIpc) is 2.62. The molecule has 0 spiro atoms. The molecular formula is C20H22N2O3. The Morgan fingerprint density at radius 2 is 1.96 bits per heavy atom. The molecule has 1 aliphatic rings. The number of pyridine rings is 1. The van der Waals surface area contributed by atoms with E-state index in [1.165, 1.54) is 6.07 Å². The first kappa shape index (κ1) is 17.1. The van der Waals surface area contributed by atoms with E-state index in [-0.39, 0.29) is 17.3 Å². The van der Waals surface area contributed by atoms with Crippen LogP contribution < -0.4 is 10.9 Å². The van der Waals surface area contributed by atoms with Crippen molar-refractivity contribution < 1.29 is 9.59 Å². The number of fused-ring (bicyclic) bond motifs is 1. The predicted octanol–water partition coefficient (Wildman–Crippen LogP) is 2.82. The van der Waals surface area contributed by atoms with Crippen LogP contribution in [0.2, 0.25) is 0 Å². The van der Waals surface area contributed by atoms with Gasteiger partial charge in [-0.15, -0.1) is 0 Å². The molecule has 3 rings (SSSR count). The number of aromatic amines is 1. The lowest BCUT2D eigenvalue weighted by molar-refractivity contribution is 0.0951. The average molecular weight is 338 g/mol. The summed E-state index contributed by atoms with van der Waals surface area (Å²) in [5, 5.41) is 2.73. The number of rotatable bonds is 5. The molecule has 0 saturated carbocycles. The molecule has 2 aromatic rings. The fourth-order valence-electron chi connectivity index (χ4n) is 3.23. The summed E-state index contributed by atoms with van der Waals surface area (Å²) in [7, 11) is 0. The number of carbonyl (C=O) groups is 2. The fourth-order valence-corrected chi connectivity index (χ4v) is 3.23. The highest BCUT2D eigenvalue weighted by Crippen LogP contribution is 2.31. The zero-order valence-corrected chi connectivity index (χ0v) is 14.3. The van der Waals surface area contributed by atoms with Gasteiger partial charge >= 0.3 is 0 Å². The summed E-state index contributed by atoms with van der Waals surface area (Å²) in [6.07, 6.45) is 2.80. The maximum Gasteiger partial charge on any atom is 0.261 e. The van der Waals surface area contributed by atoms with Crippen LogP contribution in [0.25, 0.3) is 0 Å². The van der Waals surface area contributed by atoms with Crippen LogP contribution in [-0.4, -0.2) is 23.2 Å². The Balaban J connectivity index is 1.86. The van der Waals surface area contributed by atoms with Gasteiger partial charge in [0.05, 0.1) is 0 Å².